The van der Waals surface area contributed by atoms with E-state index in [1.165, 1.54) is 16.7 Å². The minimum atomic E-state index is -2.39. The van der Waals surface area contributed by atoms with Crippen molar-refractivity contribution in [3.63, 3.8) is 0 Å². The van der Waals surface area contributed by atoms with Crippen molar-refractivity contribution in [2.75, 3.05) is 0 Å². The first-order valence-corrected chi connectivity index (χ1v) is 13.1. The summed E-state index contributed by atoms with van der Waals surface area (Å²) in [6.45, 7) is 0. The van der Waals surface area contributed by atoms with Gasteiger partial charge in [0.1, 0.15) is 0 Å². The van der Waals surface area contributed by atoms with E-state index in [1.54, 1.807) is 17.1 Å². The van der Waals surface area contributed by atoms with E-state index in [0.29, 0.717) is 0 Å². The van der Waals surface area contributed by atoms with Crippen LogP contribution in [0, 0.1) is 0 Å². The zero-order chi connectivity index (χ0) is 21.4. The van der Waals surface area contributed by atoms with Crippen molar-refractivity contribution >= 4 is 14.5 Å². The maximum atomic E-state index is 6.53. The van der Waals surface area contributed by atoms with Crippen LogP contribution in [0.3, 0.4) is 0 Å². The summed E-state index contributed by atoms with van der Waals surface area (Å²) in [6.07, 6.45) is 5.50. The molecule has 4 rings (SSSR count). The number of aromatic nitrogens is 2. The molecule has 156 valence electrons. The summed E-state index contributed by atoms with van der Waals surface area (Å²) in [5.74, 6) is 0. The minimum absolute atomic E-state index is 0.891. The van der Waals surface area contributed by atoms with Gasteiger partial charge in [-0.05, 0) is 16.7 Å². The highest BCUT2D eigenvalue weighted by molar-refractivity contribution is 6.72. The molecule has 1 heterocycles. The summed E-state index contributed by atoms with van der Waals surface area (Å²) in [7, 11) is -0.490. The van der Waals surface area contributed by atoms with Crippen molar-refractivity contribution in [1.29, 1.82) is 0 Å². The van der Waals surface area contributed by atoms with Gasteiger partial charge in [0.25, 0.3) is 8.32 Å². The van der Waals surface area contributed by atoms with Gasteiger partial charge in [0.2, 0.25) is 0 Å². The summed E-state index contributed by atoms with van der Waals surface area (Å²) in [4.78, 5) is 0. The number of benzene rings is 3. The molecule has 0 N–H and O–H groups in total. The molecule has 0 bridgehead atoms. The standard InChI is InChI=1S/C26H27N3OSi/c1-29-19-26(17-27-29)18-28-30-31(20-23-11-5-2-6-12-23,21-24-13-7-3-8-14-24)22-25-15-9-4-10-16-25/h2-19H,20-22H2,1H3. The normalized spacial score (nSPS) is 11.6. The van der Waals surface area contributed by atoms with Crippen LogP contribution in [-0.4, -0.2) is 24.3 Å². The van der Waals surface area contributed by atoms with Gasteiger partial charge >= 0.3 is 0 Å². The molecule has 1 aromatic heterocycles. The lowest BCUT2D eigenvalue weighted by molar-refractivity contribution is 0.319. The monoisotopic (exact) mass is 425 g/mol. The SMILES string of the molecule is Cn1cc(C=NO[Si](Cc2ccccc2)(Cc2ccccc2)Cc2ccccc2)cn1. The molecule has 5 heteroatoms. The zero-order valence-electron chi connectivity index (χ0n) is 17.8. The van der Waals surface area contributed by atoms with Gasteiger partial charge in [0, 0.05) is 36.9 Å². The first-order valence-electron chi connectivity index (χ1n) is 10.5. The molecule has 0 radical (unpaired) electrons. The van der Waals surface area contributed by atoms with Gasteiger partial charge < -0.3 is 4.53 Å². The van der Waals surface area contributed by atoms with Crippen LogP contribution in [-0.2, 0) is 29.7 Å². The fraction of sp³-hybridized carbons (Fsp3) is 0.154. The molecule has 4 nitrogen and oxygen atoms in total. The molecular formula is C26H27N3OSi. The Morgan fingerprint density at radius 3 is 1.61 bits per heavy atom. The maximum Gasteiger partial charge on any atom is 0.300 e. The minimum Gasteiger partial charge on any atom is -0.454 e. The van der Waals surface area contributed by atoms with E-state index in [1.807, 2.05) is 13.2 Å². The second kappa shape index (κ2) is 10.0. The molecule has 4 aromatic rings. The number of aryl methyl sites for hydroxylation is 1. The molecule has 0 atom stereocenters. The summed E-state index contributed by atoms with van der Waals surface area (Å²) in [5, 5.41) is 8.72. The predicted molar refractivity (Wildman–Crippen MR) is 128 cm³/mol. The third-order valence-corrected chi connectivity index (χ3v) is 8.93. The molecule has 0 spiro atoms. The molecule has 0 unspecified atom stereocenters. The summed E-state index contributed by atoms with van der Waals surface area (Å²) in [5.41, 5.74) is 4.80. The molecule has 0 aliphatic carbocycles. The molecule has 0 saturated carbocycles. The first-order chi connectivity index (χ1) is 15.2. The van der Waals surface area contributed by atoms with E-state index in [2.05, 4.69) is 101 Å². The summed E-state index contributed by atoms with van der Waals surface area (Å²) < 4.78 is 8.29. The molecular weight excluding hydrogens is 398 g/mol. The number of nitrogens with zero attached hydrogens (tertiary/aromatic N) is 3. The highest BCUT2D eigenvalue weighted by atomic mass is 28.4. The Bertz CT molecular complexity index is 994. The number of hydrogen-bond donors (Lipinski definition) is 0. The Hall–Kier alpha value is -3.44. The van der Waals surface area contributed by atoms with Crippen LogP contribution in [0.25, 0.3) is 0 Å². The van der Waals surface area contributed by atoms with Crippen molar-refractivity contribution in [2.45, 2.75) is 18.1 Å². The lowest BCUT2D eigenvalue weighted by atomic mass is 10.2. The highest BCUT2D eigenvalue weighted by Gasteiger charge is 2.39. The average molecular weight is 426 g/mol. The molecule has 0 saturated heterocycles. The molecule has 0 fully saturated rings. The van der Waals surface area contributed by atoms with Gasteiger partial charge in [-0.3, -0.25) is 4.68 Å². The average Bonchev–Trinajstić information content (AvgIpc) is 3.21. The molecule has 31 heavy (non-hydrogen) atoms. The fourth-order valence-corrected chi connectivity index (χ4v) is 7.68. The number of rotatable bonds is 9. The zero-order valence-corrected chi connectivity index (χ0v) is 18.8. The van der Waals surface area contributed by atoms with E-state index in [9.17, 15) is 0 Å². The van der Waals surface area contributed by atoms with Gasteiger partial charge in [0.15, 0.2) is 0 Å². The van der Waals surface area contributed by atoms with Gasteiger partial charge in [-0.15, -0.1) is 5.16 Å². The first kappa shape index (κ1) is 20.8. The van der Waals surface area contributed by atoms with Crippen LogP contribution < -0.4 is 0 Å². The third-order valence-electron chi connectivity index (χ3n) is 5.28. The van der Waals surface area contributed by atoms with Crippen LogP contribution >= 0.6 is 0 Å². The maximum absolute atomic E-state index is 6.53. The Kier molecular flexibility index (Phi) is 6.74. The van der Waals surface area contributed by atoms with Gasteiger partial charge in [0.05, 0.1) is 12.4 Å². The van der Waals surface area contributed by atoms with Crippen molar-refractivity contribution in [3.8, 4) is 0 Å². The predicted octanol–water partition coefficient (Wildman–Crippen LogP) is 5.06. The van der Waals surface area contributed by atoms with E-state index in [0.717, 1.165) is 23.7 Å². The fourth-order valence-electron chi connectivity index (χ4n) is 3.89. The second-order valence-corrected chi connectivity index (χ2v) is 11.6. The van der Waals surface area contributed by atoms with E-state index in [4.69, 9.17) is 4.53 Å². The van der Waals surface area contributed by atoms with Crippen molar-refractivity contribution in [1.82, 2.24) is 9.78 Å². The Morgan fingerprint density at radius 1 is 0.774 bits per heavy atom. The molecule has 0 amide bonds. The Morgan fingerprint density at radius 2 is 1.23 bits per heavy atom. The molecule has 0 aliphatic heterocycles. The van der Waals surface area contributed by atoms with Gasteiger partial charge in [-0.25, -0.2) is 0 Å². The van der Waals surface area contributed by atoms with Gasteiger partial charge in [-0.2, -0.15) is 5.10 Å². The van der Waals surface area contributed by atoms with Crippen LogP contribution in [0.5, 0.6) is 0 Å². The Labute approximate surface area is 185 Å². The smallest absolute Gasteiger partial charge is 0.300 e. The van der Waals surface area contributed by atoms with E-state index < -0.39 is 8.32 Å². The summed E-state index contributed by atoms with van der Waals surface area (Å²) >= 11 is 0. The topological polar surface area (TPSA) is 39.4 Å². The van der Waals surface area contributed by atoms with Crippen LogP contribution in [0.2, 0.25) is 0 Å². The van der Waals surface area contributed by atoms with E-state index >= 15 is 0 Å². The lowest BCUT2D eigenvalue weighted by Crippen LogP contribution is -2.46. The summed E-state index contributed by atoms with van der Waals surface area (Å²) in [6, 6.07) is 34.5. The van der Waals surface area contributed by atoms with E-state index in [-0.39, 0.29) is 0 Å². The molecule has 3 aromatic carbocycles. The number of oxime groups is 1. The third kappa shape index (κ3) is 6.02. The lowest BCUT2D eigenvalue weighted by Gasteiger charge is -2.29. The van der Waals surface area contributed by atoms with Crippen molar-refractivity contribution < 1.29 is 4.53 Å². The second-order valence-electron chi connectivity index (χ2n) is 7.94. The molecule has 0 aliphatic rings. The van der Waals surface area contributed by atoms with Crippen molar-refractivity contribution in [2.24, 2.45) is 12.2 Å². The highest BCUT2D eigenvalue weighted by Crippen LogP contribution is 2.24. The van der Waals surface area contributed by atoms with Crippen molar-refractivity contribution in [3.05, 3.63) is 126 Å². The number of hydrogen-bond acceptors (Lipinski definition) is 3. The largest absolute Gasteiger partial charge is 0.454 e. The van der Waals surface area contributed by atoms with Gasteiger partial charge in [-0.1, -0.05) is 91.0 Å². The van der Waals surface area contributed by atoms with Crippen LogP contribution in [0.1, 0.15) is 22.3 Å². The quantitative estimate of drug-likeness (QED) is 0.214. The van der Waals surface area contributed by atoms with Crippen LogP contribution in [0.15, 0.2) is 109 Å². The van der Waals surface area contributed by atoms with Crippen LogP contribution in [0.4, 0.5) is 0 Å². The Balaban J connectivity index is 1.68.